The first-order valence-corrected chi connectivity index (χ1v) is 6.23. The molecule has 17 heavy (non-hydrogen) atoms. The van der Waals surface area contributed by atoms with Crippen molar-refractivity contribution in [2.75, 3.05) is 20.3 Å². The van der Waals surface area contributed by atoms with E-state index in [1.165, 1.54) is 0 Å². The number of aliphatic hydroxyl groups is 1. The highest BCUT2D eigenvalue weighted by atomic mass is 79.9. The zero-order valence-electron chi connectivity index (χ0n) is 9.52. The monoisotopic (exact) mass is 302 g/mol. The van der Waals surface area contributed by atoms with Gasteiger partial charge in [-0.05, 0) is 28.4 Å². The standard InChI is InChI=1S/C11H15BrN2O3/c1-17-9-3-8(6-15)14(5-9)11(16)10-2-7(12)4-13-10/h2,4,8-9,13,15H,3,5-6H2,1H3/t8-,9-/m0/s1. The normalized spacial score (nSPS) is 24.3. The largest absolute Gasteiger partial charge is 0.394 e. The van der Waals surface area contributed by atoms with Crippen LogP contribution in [-0.2, 0) is 4.74 Å². The first-order chi connectivity index (χ1) is 8.15. The Bertz CT molecular complexity index is 407. The van der Waals surface area contributed by atoms with E-state index in [1.54, 1.807) is 24.3 Å². The second-order valence-electron chi connectivity index (χ2n) is 4.12. The second kappa shape index (κ2) is 5.20. The highest BCUT2D eigenvalue weighted by Crippen LogP contribution is 2.22. The number of amides is 1. The summed E-state index contributed by atoms with van der Waals surface area (Å²) < 4.78 is 6.08. The van der Waals surface area contributed by atoms with Gasteiger partial charge in [-0.25, -0.2) is 0 Å². The van der Waals surface area contributed by atoms with Crippen molar-refractivity contribution in [2.45, 2.75) is 18.6 Å². The quantitative estimate of drug-likeness (QED) is 0.875. The minimum Gasteiger partial charge on any atom is -0.394 e. The van der Waals surface area contributed by atoms with Crippen LogP contribution in [0.1, 0.15) is 16.9 Å². The van der Waals surface area contributed by atoms with Crippen molar-refractivity contribution in [1.29, 1.82) is 0 Å². The Labute approximate surface area is 108 Å². The average Bonchev–Trinajstić information content (AvgIpc) is 2.93. The van der Waals surface area contributed by atoms with Gasteiger partial charge in [0.15, 0.2) is 0 Å². The number of likely N-dealkylation sites (tertiary alicyclic amines) is 1. The van der Waals surface area contributed by atoms with Gasteiger partial charge < -0.3 is 19.7 Å². The van der Waals surface area contributed by atoms with Crippen molar-refractivity contribution in [3.05, 3.63) is 22.4 Å². The van der Waals surface area contributed by atoms with Gasteiger partial charge in [-0.1, -0.05) is 0 Å². The van der Waals surface area contributed by atoms with Crippen LogP contribution in [0.5, 0.6) is 0 Å². The Balaban J connectivity index is 2.13. The van der Waals surface area contributed by atoms with Crippen LogP contribution in [0.3, 0.4) is 0 Å². The van der Waals surface area contributed by atoms with Crippen LogP contribution in [0.2, 0.25) is 0 Å². The number of nitrogens with one attached hydrogen (secondary N) is 1. The zero-order chi connectivity index (χ0) is 12.4. The van der Waals surface area contributed by atoms with Crippen LogP contribution in [0.4, 0.5) is 0 Å². The molecule has 1 aromatic heterocycles. The summed E-state index contributed by atoms with van der Waals surface area (Å²) in [5, 5.41) is 9.28. The summed E-state index contributed by atoms with van der Waals surface area (Å²) in [6.07, 6.45) is 2.40. The Morgan fingerprint density at radius 1 is 1.76 bits per heavy atom. The van der Waals surface area contributed by atoms with Gasteiger partial charge in [0.25, 0.3) is 5.91 Å². The number of rotatable bonds is 3. The highest BCUT2D eigenvalue weighted by Gasteiger charge is 2.35. The predicted octanol–water partition coefficient (Wildman–Crippen LogP) is 0.999. The van der Waals surface area contributed by atoms with E-state index in [0.717, 1.165) is 4.47 Å². The molecule has 0 bridgehead atoms. The lowest BCUT2D eigenvalue weighted by molar-refractivity contribution is 0.0643. The maximum Gasteiger partial charge on any atom is 0.270 e. The molecule has 2 rings (SSSR count). The molecule has 1 aliphatic heterocycles. The minimum atomic E-state index is -0.158. The Hall–Kier alpha value is -0.850. The number of methoxy groups -OCH3 is 1. The summed E-state index contributed by atoms with van der Waals surface area (Å²) in [6.45, 7) is 0.491. The van der Waals surface area contributed by atoms with Crippen molar-refractivity contribution < 1.29 is 14.6 Å². The number of ether oxygens (including phenoxy) is 1. The molecular weight excluding hydrogens is 288 g/mol. The molecule has 6 heteroatoms. The number of aliphatic hydroxyl groups excluding tert-OH is 1. The highest BCUT2D eigenvalue weighted by molar-refractivity contribution is 9.10. The summed E-state index contributed by atoms with van der Waals surface area (Å²) in [5.74, 6) is -0.102. The van der Waals surface area contributed by atoms with Gasteiger partial charge in [0.1, 0.15) is 5.69 Å². The molecule has 2 heterocycles. The van der Waals surface area contributed by atoms with E-state index in [9.17, 15) is 9.90 Å². The van der Waals surface area contributed by atoms with Crippen LogP contribution >= 0.6 is 15.9 Å². The number of hydrogen-bond acceptors (Lipinski definition) is 3. The van der Waals surface area contributed by atoms with Gasteiger partial charge in [0.2, 0.25) is 0 Å². The van der Waals surface area contributed by atoms with E-state index in [1.807, 2.05) is 0 Å². The first-order valence-electron chi connectivity index (χ1n) is 5.44. The number of aromatic nitrogens is 1. The average molecular weight is 303 g/mol. The molecule has 1 fully saturated rings. The molecule has 0 radical (unpaired) electrons. The first kappa shape index (κ1) is 12.6. The molecule has 94 valence electrons. The number of H-pyrrole nitrogens is 1. The van der Waals surface area contributed by atoms with E-state index in [-0.39, 0.29) is 24.7 Å². The van der Waals surface area contributed by atoms with Crippen LogP contribution < -0.4 is 0 Å². The summed E-state index contributed by atoms with van der Waals surface area (Å²) in [7, 11) is 1.62. The topological polar surface area (TPSA) is 65.6 Å². The Morgan fingerprint density at radius 3 is 3.06 bits per heavy atom. The number of aromatic amines is 1. The van der Waals surface area contributed by atoms with Crippen molar-refractivity contribution in [2.24, 2.45) is 0 Å². The fourth-order valence-electron chi connectivity index (χ4n) is 2.11. The molecule has 1 amide bonds. The van der Waals surface area contributed by atoms with Crippen molar-refractivity contribution in [1.82, 2.24) is 9.88 Å². The van der Waals surface area contributed by atoms with Crippen LogP contribution in [0, 0.1) is 0 Å². The molecule has 0 spiro atoms. The molecule has 2 N–H and O–H groups in total. The smallest absolute Gasteiger partial charge is 0.270 e. The second-order valence-corrected chi connectivity index (χ2v) is 5.03. The van der Waals surface area contributed by atoms with Crippen molar-refractivity contribution in [3.8, 4) is 0 Å². The number of carbonyl (C=O) groups excluding carboxylic acids is 1. The van der Waals surface area contributed by atoms with Gasteiger partial charge in [0.05, 0.1) is 18.8 Å². The summed E-state index contributed by atoms with van der Waals surface area (Å²) in [5.41, 5.74) is 0.520. The van der Waals surface area contributed by atoms with Gasteiger partial charge in [-0.3, -0.25) is 4.79 Å². The fourth-order valence-corrected chi connectivity index (χ4v) is 2.46. The molecule has 0 unspecified atom stereocenters. The molecule has 1 aliphatic rings. The van der Waals surface area contributed by atoms with E-state index in [2.05, 4.69) is 20.9 Å². The van der Waals surface area contributed by atoms with Gasteiger partial charge in [-0.2, -0.15) is 0 Å². The number of hydrogen-bond donors (Lipinski definition) is 2. The van der Waals surface area contributed by atoms with Crippen molar-refractivity contribution in [3.63, 3.8) is 0 Å². The van der Waals surface area contributed by atoms with Crippen LogP contribution in [0.25, 0.3) is 0 Å². The molecular formula is C11H15BrN2O3. The number of nitrogens with zero attached hydrogens (tertiary/aromatic N) is 1. The lowest BCUT2D eigenvalue weighted by Crippen LogP contribution is -2.38. The molecule has 1 aromatic rings. The minimum absolute atomic E-state index is 0.00880. The molecule has 2 atom stereocenters. The van der Waals surface area contributed by atoms with E-state index < -0.39 is 0 Å². The maximum absolute atomic E-state index is 12.2. The lowest BCUT2D eigenvalue weighted by Gasteiger charge is -2.21. The third-order valence-electron chi connectivity index (χ3n) is 3.06. The van der Waals surface area contributed by atoms with Gasteiger partial charge in [0, 0.05) is 24.3 Å². The molecule has 1 saturated heterocycles. The third kappa shape index (κ3) is 2.53. The molecule has 0 saturated carbocycles. The molecule has 0 aromatic carbocycles. The van der Waals surface area contributed by atoms with Crippen molar-refractivity contribution >= 4 is 21.8 Å². The van der Waals surface area contributed by atoms with Crippen LogP contribution in [-0.4, -0.2) is 53.3 Å². The van der Waals surface area contributed by atoms with E-state index in [0.29, 0.717) is 18.7 Å². The molecule has 5 nitrogen and oxygen atoms in total. The summed E-state index contributed by atoms with van der Waals surface area (Å²) >= 11 is 3.29. The predicted molar refractivity (Wildman–Crippen MR) is 65.8 cm³/mol. The summed E-state index contributed by atoms with van der Waals surface area (Å²) in [6, 6.07) is 1.58. The number of carbonyl (C=O) groups is 1. The summed E-state index contributed by atoms with van der Waals surface area (Å²) in [4.78, 5) is 16.8. The van der Waals surface area contributed by atoms with E-state index in [4.69, 9.17) is 4.74 Å². The number of halogens is 1. The SMILES string of the molecule is CO[C@H]1C[C@@H](CO)N(C(=O)c2cc(Br)c[nH]2)C1. The fraction of sp³-hybridized carbons (Fsp3) is 0.545. The van der Waals surface area contributed by atoms with Crippen LogP contribution in [0.15, 0.2) is 16.7 Å². The lowest BCUT2D eigenvalue weighted by atomic mass is 10.2. The maximum atomic E-state index is 12.2. The van der Waals surface area contributed by atoms with Gasteiger partial charge in [-0.15, -0.1) is 0 Å². The molecule has 0 aliphatic carbocycles. The third-order valence-corrected chi connectivity index (χ3v) is 3.52. The zero-order valence-corrected chi connectivity index (χ0v) is 11.1. The van der Waals surface area contributed by atoms with Gasteiger partial charge >= 0.3 is 0 Å². The van der Waals surface area contributed by atoms with E-state index >= 15 is 0 Å². The Morgan fingerprint density at radius 2 is 2.53 bits per heavy atom. The Kier molecular flexibility index (Phi) is 3.86.